The molecule has 0 saturated carbocycles. The molecule has 0 aliphatic carbocycles. The molecule has 1 aromatic heterocycles. The van der Waals surface area contributed by atoms with Gasteiger partial charge in [-0.15, -0.1) is 5.10 Å². The minimum atomic E-state index is -5.86. The molecule has 10 nitrogen and oxygen atoms in total. The maximum Gasteiger partial charge on any atom is 0.499 e. The van der Waals surface area contributed by atoms with Crippen LogP contribution in [-0.4, -0.2) is 49.9 Å². The zero-order chi connectivity index (χ0) is 34.8. The van der Waals surface area contributed by atoms with Crippen LogP contribution >= 0.6 is 11.8 Å². The SMILES string of the molecule is CC(C)c1ccc(F)cc1N1C(=O)CS/C1=N\C(=O)NNC(C)c1ccc(-c2ncn(-c3ccc(OC(F)(F)C(F)(F)F)cc3)n2)cc1. The zero-order valence-electron chi connectivity index (χ0n) is 25.4. The van der Waals surface area contributed by atoms with E-state index < -0.39 is 29.9 Å². The molecular weight excluding hydrogens is 664 g/mol. The number of carbonyl (C=O) groups excluding carboxylic acids is 2. The van der Waals surface area contributed by atoms with E-state index in [0.29, 0.717) is 22.8 Å². The number of hydrogen-bond acceptors (Lipinski definition) is 7. The number of nitrogens with zero attached hydrogens (tertiary/aromatic N) is 5. The number of aliphatic imine (C=N–C) groups is 1. The van der Waals surface area contributed by atoms with Crippen molar-refractivity contribution in [2.75, 3.05) is 10.7 Å². The summed E-state index contributed by atoms with van der Waals surface area (Å²) in [6.07, 6.45) is -9.85. The molecular formula is C31H27F6N7O3S. The number of thioether (sulfide) groups is 1. The minimum absolute atomic E-state index is 0.00919. The quantitative estimate of drug-likeness (QED) is 0.142. The van der Waals surface area contributed by atoms with Crippen LogP contribution in [-0.2, 0) is 4.79 Å². The topological polar surface area (TPSA) is 114 Å². The van der Waals surface area contributed by atoms with Crippen LogP contribution in [0.1, 0.15) is 43.9 Å². The molecule has 48 heavy (non-hydrogen) atoms. The monoisotopic (exact) mass is 691 g/mol. The lowest BCUT2D eigenvalue weighted by Crippen LogP contribution is -2.41. The first-order valence-corrected chi connectivity index (χ1v) is 15.3. The number of carbonyl (C=O) groups is 2. The Bertz CT molecular complexity index is 1830. The van der Waals surface area contributed by atoms with E-state index in [1.807, 2.05) is 13.8 Å². The lowest BCUT2D eigenvalue weighted by molar-refractivity contribution is -0.360. The predicted octanol–water partition coefficient (Wildman–Crippen LogP) is 7.14. The number of amidine groups is 1. The maximum absolute atomic E-state index is 14.1. The van der Waals surface area contributed by atoms with Gasteiger partial charge in [0.05, 0.1) is 17.1 Å². The smallest absolute Gasteiger partial charge is 0.426 e. The lowest BCUT2D eigenvalue weighted by Gasteiger charge is -2.21. The van der Waals surface area contributed by atoms with Crippen molar-refractivity contribution in [2.24, 2.45) is 4.99 Å². The third-order valence-corrected chi connectivity index (χ3v) is 7.98. The van der Waals surface area contributed by atoms with Gasteiger partial charge in [-0.2, -0.15) is 26.9 Å². The van der Waals surface area contributed by atoms with E-state index in [1.165, 1.54) is 40.2 Å². The second-order valence-electron chi connectivity index (χ2n) is 10.8. The molecule has 4 aromatic rings. The number of nitrogens with one attached hydrogen (secondary N) is 2. The van der Waals surface area contributed by atoms with Gasteiger partial charge >= 0.3 is 18.3 Å². The van der Waals surface area contributed by atoms with Crippen LogP contribution in [0, 0.1) is 5.82 Å². The third kappa shape index (κ3) is 7.62. The van der Waals surface area contributed by atoms with Crippen LogP contribution in [0.4, 0.5) is 36.8 Å². The van der Waals surface area contributed by atoms with Crippen molar-refractivity contribution in [2.45, 2.75) is 45.0 Å². The molecule has 2 heterocycles. The number of urea groups is 1. The molecule has 0 bridgehead atoms. The Kier molecular flexibility index (Phi) is 9.81. The number of hydrogen-bond donors (Lipinski definition) is 2. The second kappa shape index (κ2) is 13.7. The van der Waals surface area contributed by atoms with Gasteiger partial charge in [-0.25, -0.2) is 24.3 Å². The fourth-order valence-electron chi connectivity index (χ4n) is 4.56. The molecule has 0 spiro atoms. The fraction of sp³-hybridized carbons (Fsp3) is 0.258. The van der Waals surface area contributed by atoms with Gasteiger partial charge in [-0.1, -0.05) is 55.9 Å². The lowest BCUT2D eigenvalue weighted by atomic mass is 10.0. The number of halogens is 6. The van der Waals surface area contributed by atoms with Crippen LogP contribution in [0.3, 0.4) is 0 Å². The second-order valence-corrected chi connectivity index (χ2v) is 11.8. The van der Waals surface area contributed by atoms with Crippen molar-refractivity contribution in [3.8, 4) is 22.8 Å². The van der Waals surface area contributed by atoms with Gasteiger partial charge in [0.25, 0.3) is 0 Å². The Morgan fingerprint density at radius 3 is 2.33 bits per heavy atom. The Morgan fingerprint density at radius 1 is 1.00 bits per heavy atom. The van der Waals surface area contributed by atoms with E-state index in [2.05, 4.69) is 30.7 Å². The molecule has 1 fully saturated rings. The van der Waals surface area contributed by atoms with Gasteiger partial charge in [0.2, 0.25) is 5.91 Å². The number of ether oxygens (including phenoxy) is 1. The highest BCUT2D eigenvalue weighted by Gasteiger charge is 2.61. The van der Waals surface area contributed by atoms with Gasteiger partial charge in [-0.05, 0) is 60.4 Å². The van der Waals surface area contributed by atoms with Gasteiger partial charge in [0, 0.05) is 11.6 Å². The average molecular weight is 692 g/mol. The Labute approximate surface area is 274 Å². The van der Waals surface area contributed by atoms with Crippen molar-refractivity contribution >= 4 is 34.6 Å². The summed E-state index contributed by atoms with van der Waals surface area (Å²) >= 11 is 1.07. The molecule has 1 unspecified atom stereocenters. The maximum atomic E-state index is 14.1. The van der Waals surface area contributed by atoms with Crippen molar-refractivity contribution in [3.63, 3.8) is 0 Å². The molecule has 5 rings (SSSR count). The average Bonchev–Trinajstić information content (AvgIpc) is 3.66. The van der Waals surface area contributed by atoms with Gasteiger partial charge in [0.15, 0.2) is 11.0 Å². The number of alkyl halides is 5. The third-order valence-electron chi connectivity index (χ3n) is 7.05. The van der Waals surface area contributed by atoms with Crippen molar-refractivity contribution < 1.29 is 40.7 Å². The highest BCUT2D eigenvalue weighted by molar-refractivity contribution is 8.15. The standard InChI is InChI=1S/C31H27F6N7O3S/c1-17(2)24-13-8-21(32)14-25(24)44-26(45)15-48-29(44)39-28(46)41-40-18(3)19-4-6-20(7-5-19)27-38-16-43(42-27)22-9-11-23(12-10-22)47-31(36,37)30(33,34)35/h4-14,16-18,40H,15H2,1-3H3,(H,41,46)/b39-29-. The summed E-state index contributed by atoms with van der Waals surface area (Å²) in [5.41, 5.74) is 8.15. The molecule has 3 amide bonds. The van der Waals surface area contributed by atoms with Gasteiger partial charge < -0.3 is 4.74 Å². The largest absolute Gasteiger partial charge is 0.499 e. The summed E-state index contributed by atoms with van der Waals surface area (Å²) < 4.78 is 82.7. The number of aromatic nitrogens is 3. The molecule has 252 valence electrons. The first-order valence-electron chi connectivity index (χ1n) is 14.3. The van der Waals surface area contributed by atoms with E-state index in [1.54, 1.807) is 37.3 Å². The fourth-order valence-corrected chi connectivity index (χ4v) is 5.42. The van der Waals surface area contributed by atoms with E-state index >= 15 is 0 Å². The Balaban J connectivity index is 1.20. The molecule has 2 N–H and O–H groups in total. The number of benzene rings is 3. The van der Waals surface area contributed by atoms with Crippen LogP contribution < -0.4 is 20.5 Å². The minimum Gasteiger partial charge on any atom is -0.426 e. The van der Waals surface area contributed by atoms with Crippen LogP contribution in [0.5, 0.6) is 5.75 Å². The first-order chi connectivity index (χ1) is 22.6. The summed E-state index contributed by atoms with van der Waals surface area (Å²) in [5.74, 6) is -1.16. The van der Waals surface area contributed by atoms with E-state index in [0.717, 1.165) is 35.0 Å². The first kappa shape index (κ1) is 34.4. The highest BCUT2D eigenvalue weighted by atomic mass is 32.2. The highest BCUT2D eigenvalue weighted by Crippen LogP contribution is 2.37. The van der Waals surface area contributed by atoms with Crippen LogP contribution in [0.2, 0.25) is 0 Å². The Morgan fingerprint density at radius 2 is 1.69 bits per heavy atom. The summed E-state index contributed by atoms with van der Waals surface area (Å²) in [6.45, 7) is 5.61. The van der Waals surface area contributed by atoms with Gasteiger partial charge in [0.1, 0.15) is 17.9 Å². The van der Waals surface area contributed by atoms with Crippen molar-refractivity contribution in [1.29, 1.82) is 0 Å². The summed E-state index contributed by atoms with van der Waals surface area (Å²) in [7, 11) is 0. The molecule has 1 saturated heterocycles. The molecule has 17 heteroatoms. The molecule has 3 aromatic carbocycles. The molecule has 1 atom stereocenters. The zero-order valence-corrected chi connectivity index (χ0v) is 26.2. The molecule has 1 aliphatic rings. The predicted molar refractivity (Wildman–Crippen MR) is 166 cm³/mol. The molecule has 0 radical (unpaired) electrons. The number of amides is 3. The van der Waals surface area contributed by atoms with Crippen molar-refractivity contribution in [1.82, 2.24) is 25.6 Å². The van der Waals surface area contributed by atoms with Crippen LogP contribution in [0.25, 0.3) is 17.1 Å². The van der Waals surface area contributed by atoms with E-state index in [4.69, 9.17) is 0 Å². The van der Waals surface area contributed by atoms with E-state index in [-0.39, 0.29) is 28.8 Å². The normalized spacial score (nSPS) is 15.3. The van der Waals surface area contributed by atoms with Crippen molar-refractivity contribution in [3.05, 3.63) is 90.0 Å². The van der Waals surface area contributed by atoms with E-state index in [9.17, 15) is 35.9 Å². The van der Waals surface area contributed by atoms with Gasteiger partial charge in [-0.3, -0.25) is 15.1 Å². The number of rotatable bonds is 9. The summed E-state index contributed by atoms with van der Waals surface area (Å²) in [6, 6.07) is 14.4. The summed E-state index contributed by atoms with van der Waals surface area (Å²) in [5, 5.41) is 4.46. The number of anilines is 1. The van der Waals surface area contributed by atoms with Crippen LogP contribution in [0.15, 0.2) is 78.0 Å². The Hall–Kier alpha value is -4.90. The summed E-state index contributed by atoms with van der Waals surface area (Å²) in [4.78, 5) is 34.9. The number of hydrazine groups is 1. The molecule has 1 aliphatic heterocycles.